The van der Waals surface area contributed by atoms with Crippen LogP contribution in [0.25, 0.3) is 10.9 Å². The molecule has 258 valence electrons. The van der Waals surface area contributed by atoms with Gasteiger partial charge in [0.25, 0.3) is 5.91 Å². The zero-order chi connectivity index (χ0) is 34.1. The summed E-state index contributed by atoms with van der Waals surface area (Å²) >= 11 is 0. The van der Waals surface area contributed by atoms with E-state index in [4.69, 9.17) is 9.15 Å². The number of benzene rings is 1. The number of aromatic amines is 1. The molecule has 1 unspecified atom stereocenters. The van der Waals surface area contributed by atoms with E-state index in [2.05, 4.69) is 15.3 Å². The first-order chi connectivity index (χ1) is 23.8. The fraction of sp³-hybridized carbons (Fsp3) is 0.472. The SMILES string of the molecule is CC[C@]12c3[nH]c4ccc(OC)cc4c3CCN1C(=O)C(CC(=O)NCCCn1ccnc1)C[C@@H]2C(=O)N1CCN(C(=O)c2ccco2)CC1. The second kappa shape index (κ2) is 13.4. The van der Waals surface area contributed by atoms with Crippen LogP contribution in [0.5, 0.6) is 5.75 Å². The molecule has 1 aromatic carbocycles. The molecule has 49 heavy (non-hydrogen) atoms. The molecule has 0 saturated carbocycles. The quantitative estimate of drug-likeness (QED) is 0.247. The van der Waals surface area contributed by atoms with Crippen molar-refractivity contribution in [3.8, 4) is 5.75 Å². The number of hydrogen-bond acceptors (Lipinski definition) is 7. The molecule has 13 heteroatoms. The number of H-pyrrole nitrogens is 1. The van der Waals surface area contributed by atoms with E-state index < -0.39 is 17.4 Å². The van der Waals surface area contributed by atoms with Crippen LogP contribution in [-0.4, -0.2) is 99.2 Å². The van der Waals surface area contributed by atoms with Gasteiger partial charge < -0.3 is 38.7 Å². The number of furan rings is 1. The van der Waals surface area contributed by atoms with Crippen LogP contribution in [-0.2, 0) is 32.9 Å². The van der Waals surface area contributed by atoms with Crippen molar-refractivity contribution in [3.63, 3.8) is 0 Å². The summed E-state index contributed by atoms with van der Waals surface area (Å²) in [7, 11) is 1.64. The standard InChI is InChI=1S/C36H43N7O6/c1-3-36-28(34(46)41-15-17-42(18-16-41)35(47)30-6-4-19-49-30)20-24(21-31(44)38-10-5-12-40-14-11-37-23-40)33(45)43(36)13-9-26-27-22-25(48-2)7-8-29(27)39-32(26)36/h4,6-8,11,14,19,22-24,28,39H,3,5,9-10,12-13,15-18,20-21H2,1-2H3,(H,38,44)/t24?,28-,36+/m1/s1. The van der Waals surface area contributed by atoms with Crippen LogP contribution < -0.4 is 10.1 Å². The number of rotatable bonds is 10. The van der Waals surface area contributed by atoms with Crippen molar-refractivity contribution < 1.29 is 28.3 Å². The molecule has 3 aliphatic rings. The third-order valence-corrected chi connectivity index (χ3v) is 10.7. The highest BCUT2D eigenvalue weighted by Crippen LogP contribution is 2.52. The van der Waals surface area contributed by atoms with Gasteiger partial charge in [-0.1, -0.05) is 6.92 Å². The maximum Gasteiger partial charge on any atom is 0.289 e. The third kappa shape index (κ3) is 5.84. The van der Waals surface area contributed by atoms with E-state index in [1.54, 1.807) is 36.7 Å². The lowest BCUT2D eigenvalue weighted by Gasteiger charge is -2.56. The number of methoxy groups -OCH3 is 1. The lowest BCUT2D eigenvalue weighted by molar-refractivity contribution is -0.167. The topological polar surface area (TPSA) is 146 Å². The zero-order valence-electron chi connectivity index (χ0n) is 28.0. The number of carbonyl (C=O) groups excluding carboxylic acids is 4. The summed E-state index contributed by atoms with van der Waals surface area (Å²) in [5, 5.41) is 4.02. The van der Waals surface area contributed by atoms with Crippen molar-refractivity contribution in [1.29, 1.82) is 0 Å². The molecule has 4 aromatic rings. The molecule has 2 N–H and O–H groups in total. The lowest BCUT2D eigenvalue weighted by atomic mass is 9.65. The Morgan fingerprint density at radius 1 is 1.12 bits per heavy atom. The number of ether oxygens (including phenoxy) is 1. The number of imidazole rings is 1. The van der Waals surface area contributed by atoms with Gasteiger partial charge in [0.1, 0.15) is 5.75 Å². The monoisotopic (exact) mass is 669 g/mol. The van der Waals surface area contributed by atoms with Gasteiger partial charge in [0.2, 0.25) is 17.7 Å². The van der Waals surface area contributed by atoms with Gasteiger partial charge in [-0.05, 0) is 61.6 Å². The minimum absolute atomic E-state index is 0.0200. The van der Waals surface area contributed by atoms with E-state index in [9.17, 15) is 19.2 Å². The molecular formula is C36H43N7O6. The first-order valence-corrected chi connectivity index (χ1v) is 17.2. The molecule has 3 aliphatic heterocycles. The van der Waals surface area contributed by atoms with Crippen LogP contribution in [0.2, 0.25) is 0 Å². The van der Waals surface area contributed by atoms with E-state index in [0.717, 1.165) is 40.9 Å². The van der Waals surface area contributed by atoms with E-state index >= 15 is 0 Å². The Labute approximate surface area is 284 Å². The molecule has 3 aromatic heterocycles. The van der Waals surface area contributed by atoms with Crippen molar-refractivity contribution in [1.82, 2.24) is 34.6 Å². The average molecular weight is 670 g/mol. The highest BCUT2D eigenvalue weighted by Gasteiger charge is 2.59. The molecule has 7 rings (SSSR count). The number of piperazine rings is 1. The molecule has 4 amide bonds. The van der Waals surface area contributed by atoms with Crippen molar-refractivity contribution >= 4 is 34.5 Å². The Morgan fingerprint density at radius 3 is 2.65 bits per heavy atom. The highest BCUT2D eigenvalue weighted by molar-refractivity contribution is 5.94. The molecular weight excluding hydrogens is 626 g/mol. The number of aromatic nitrogens is 3. The predicted octanol–water partition coefficient (Wildman–Crippen LogP) is 3.17. The van der Waals surface area contributed by atoms with Gasteiger partial charge in [-0.3, -0.25) is 19.2 Å². The molecule has 0 bridgehead atoms. The fourth-order valence-corrected chi connectivity index (χ4v) is 8.21. The van der Waals surface area contributed by atoms with Gasteiger partial charge in [0.15, 0.2) is 5.76 Å². The smallest absolute Gasteiger partial charge is 0.289 e. The summed E-state index contributed by atoms with van der Waals surface area (Å²) in [6.07, 6.45) is 8.97. The fourth-order valence-electron chi connectivity index (χ4n) is 8.21. The van der Waals surface area contributed by atoms with Crippen LogP contribution in [0.15, 0.2) is 59.7 Å². The van der Waals surface area contributed by atoms with Crippen molar-refractivity contribution in [2.24, 2.45) is 11.8 Å². The summed E-state index contributed by atoms with van der Waals surface area (Å²) in [6.45, 7) is 5.18. The lowest BCUT2D eigenvalue weighted by Crippen LogP contribution is -2.66. The first-order valence-electron chi connectivity index (χ1n) is 17.2. The van der Waals surface area contributed by atoms with Crippen LogP contribution in [0.4, 0.5) is 0 Å². The predicted molar refractivity (Wildman–Crippen MR) is 179 cm³/mol. The summed E-state index contributed by atoms with van der Waals surface area (Å²) in [5.74, 6) is -0.732. The summed E-state index contributed by atoms with van der Waals surface area (Å²) in [6, 6.07) is 9.23. The Balaban J connectivity index is 1.16. The van der Waals surface area contributed by atoms with Gasteiger partial charge >= 0.3 is 0 Å². The number of aryl methyl sites for hydroxylation is 1. The number of nitrogens with zero attached hydrogens (tertiary/aromatic N) is 5. The van der Waals surface area contributed by atoms with Gasteiger partial charge in [-0.25, -0.2) is 4.98 Å². The number of nitrogens with one attached hydrogen (secondary N) is 2. The number of fused-ring (bicyclic) bond motifs is 5. The first kappa shape index (κ1) is 32.5. The van der Waals surface area contributed by atoms with E-state index in [-0.39, 0.29) is 42.2 Å². The Kier molecular flexibility index (Phi) is 8.91. The maximum absolute atomic E-state index is 14.8. The van der Waals surface area contributed by atoms with Crippen LogP contribution in [0, 0.1) is 11.8 Å². The normalized spacial score (nSPS) is 22.2. The van der Waals surface area contributed by atoms with Gasteiger partial charge in [0.05, 0.1) is 31.2 Å². The number of hydrogen-bond donors (Lipinski definition) is 2. The number of piperidine rings is 1. The van der Waals surface area contributed by atoms with Crippen molar-refractivity contribution in [2.75, 3.05) is 46.4 Å². The minimum atomic E-state index is -0.910. The van der Waals surface area contributed by atoms with Crippen molar-refractivity contribution in [3.05, 3.63) is 72.3 Å². The zero-order valence-corrected chi connectivity index (χ0v) is 28.0. The Morgan fingerprint density at radius 2 is 1.94 bits per heavy atom. The molecule has 6 heterocycles. The summed E-state index contributed by atoms with van der Waals surface area (Å²) in [5.41, 5.74) is 2.01. The van der Waals surface area contributed by atoms with Crippen LogP contribution in [0.1, 0.15) is 54.4 Å². The molecule has 3 atom stereocenters. The van der Waals surface area contributed by atoms with E-state index in [1.165, 1.54) is 6.26 Å². The van der Waals surface area contributed by atoms with E-state index in [0.29, 0.717) is 52.1 Å². The highest BCUT2D eigenvalue weighted by atomic mass is 16.5. The van der Waals surface area contributed by atoms with Gasteiger partial charge in [-0.15, -0.1) is 0 Å². The van der Waals surface area contributed by atoms with Gasteiger partial charge in [0, 0.05) is 87.1 Å². The third-order valence-electron chi connectivity index (χ3n) is 10.7. The maximum atomic E-state index is 14.8. The van der Waals surface area contributed by atoms with Crippen molar-refractivity contribution in [2.45, 2.75) is 51.1 Å². The number of carbonyl (C=O) groups is 4. The molecule has 2 fully saturated rings. The average Bonchev–Trinajstić information content (AvgIpc) is 3.92. The van der Waals surface area contributed by atoms with E-state index in [1.807, 2.05) is 45.7 Å². The second-order valence-corrected chi connectivity index (χ2v) is 13.2. The molecule has 0 radical (unpaired) electrons. The Bertz CT molecular complexity index is 1830. The second-order valence-electron chi connectivity index (χ2n) is 13.2. The molecule has 0 aliphatic carbocycles. The summed E-state index contributed by atoms with van der Waals surface area (Å²) < 4.78 is 12.8. The van der Waals surface area contributed by atoms with Crippen LogP contribution in [0.3, 0.4) is 0 Å². The largest absolute Gasteiger partial charge is 0.497 e. The molecule has 0 spiro atoms. The molecule has 2 saturated heterocycles. The Hall–Kier alpha value is -5.07. The number of amides is 4. The minimum Gasteiger partial charge on any atom is -0.497 e. The molecule has 13 nitrogen and oxygen atoms in total. The summed E-state index contributed by atoms with van der Waals surface area (Å²) in [4.78, 5) is 68.4. The van der Waals surface area contributed by atoms with Gasteiger partial charge in [-0.2, -0.15) is 0 Å². The van der Waals surface area contributed by atoms with Crippen LogP contribution >= 0.6 is 0 Å².